The Balaban J connectivity index is 1.64. The number of nitrogens with two attached hydrogens (primary N) is 1. The lowest BCUT2D eigenvalue weighted by atomic mass is 9.73. The van der Waals surface area contributed by atoms with Gasteiger partial charge in [0.2, 0.25) is 0 Å². The van der Waals surface area contributed by atoms with Crippen LogP contribution in [0.15, 0.2) is 12.1 Å². The number of rotatable bonds is 8. The molecular weight excluding hydrogens is 410 g/mol. The molecule has 1 heterocycles. The van der Waals surface area contributed by atoms with Crippen LogP contribution in [-0.4, -0.2) is 51.8 Å². The molecule has 30 heavy (non-hydrogen) atoms. The highest BCUT2D eigenvalue weighted by atomic mass is 35.5. The monoisotopic (exact) mass is 440 g/mol. The van der Waals surface area contributed by atoms with Crippen molar-refractivity contribution in [3.8, 4) is 0 Å². The van der Waals surface area contributed by atoms with Crippen molar-refractivity contribution >= 4 is 24.7 Å². The maximum atomic E-state index is 13.9. The van der Waals surface area contributed by atoms with E-state index in [1.54, 1.807) is 12.1 Å². The summed E-state index contributed by atoms with van der Waals surface area (Å²) in [5.41, 5.74) is 7.17. The van der Waals surface area contributed by atoms with Crippen LogP contribution in [0.4, 0.5) is 4.39 Å². The Labute approximate surface area is 182 Å². The van der Waals surface area contributed by atoms with E-state index in [-0.39, 0.29) is 29.1 Å². The number of fused-ring (bicyclic) bond motifs is 1. The molecule has 166 valence electrons. The number of halogens is 2. The maximum absolute atomic E-state index is 13.9. The number of aliphatic carboxylic acids is 1. The van der Waals surface area contributed by atoms with Crippen LogP contribution in [0.3, 0.4) is 0 Å². The van der Waals surface area contributed by atoms with Gasteiger partial charge in [-0.1, -0.05) is 24.4 Å². The number of hydrogen-bond donors (Lipinski definition) is 4. The Morgan fingerprint density at radius 2 is 1.97 bits per heavy atom. The van der Waals surface area contributed by atoms with Crippen molar-refractivity contribution in [2.75, 3.05) is 13.1 Å². The predicted molar refractivity (Wildman–Crippen MR) is 115 cm³/mol. The van der Waals surface area contributed by atoms with Gasteiger partial charge in [0.1, 0.15) is 11.4 Å². The maximum Gasteiger partial charge on any atom is 0.451 e. The Morgan fingerprint density at radius 3 is 2.60 bits per heavy atom. The molecule has 0 amide bonds. The average molecular weight is 441 g/mol. The minimum absolute atomic E-state index is 0.134. The Bertz CT molecular complexity index is 761. The molecule has 2 unspecified atom stereocenters. The molecule has 1 fully saturated rings. The second-order valence-corrected chi connectivity index (χ2v) is 9.16. The van der Waals surface area contributed by atoms with Gasteiger partial charge >= 0.3 is 13.1 Å². The third-order valence-corrected chi connectivity index (χ3v) is 7.15. The predicted octanol–water partition coefficient (Wildman–Crippen LogP) is 2.99. The molecule has 0 bridgehead atoms. The highest BCUT2D eigenvalue weighted by Crippen LogP contribution is 2.40. The van der Waals surface area contributed by atoms with Crippen molar-refractivity contribution in [3.05, 3.63) is 34.1 Å². The number of carbonyl (C=O) groups is 1. The Hall–Kier alpha value is -1.19. The zero-order chi connectivity index (χ0) is 21.9. The summed E-state index contributed by atoms with van der Waals surface area (Å²) in [6.45, 7) is 1.48. The molecule has 3 rings (SSSR count). The lowest BCUT2D eigenvalue weighted by Crippen LogP contribution is -2.57. The van der Waals surface area contributed by atoms with Crippen LogP contribution in [0.25, 0.3) is 0 Å². The van der Waals surface area contributed by atoms with Crippen LogP contribution in [0, 0.1) is 11.7 Å². The number of hydrogen-bond acceptors (Lipinski definition) is 5. The van der Waals surface area contributed by atoms with E-state index in [1.165, 1.54) is 0 Å². The molecule has 0 radical (unpaired) electrons. The number of unbranched alkanes of at least 4 members (excludes halogenated alkanes) is 1. The van der Waals surface area contributed by atoms with Gasteiger partial charge in [-0.3, -0.25) is 9.69 Å². The zero-order valence-electron chi connectivity index (χ0n) is 17.2. The van der Waals surface area contributed by atoms with Crippen LogP contribution in [-0.2, 0) is 11.2 Å². The molecule has 0 saturated carbocycles. The highest BCUT2D eigenvalue weighted by molar-refractivity contribution is 6.40. The third kappa shape index (κ3) is 5.17. The topological polar surface area (TPSA) is 107 Å². The van der Waals surface area contributed by atoms with E-state index >= 15 is 0 Å². The fraction of sp³-hybridized carbons (Fsp3) is 0.667. The van der Waals surface area contributed by atoms with E-state index in [9.17, 15) is 14.3 Å². The lowest BCUT2D eigenvalue weighted by Gasteiger charge is -2.44. The van der Waals surface area contributed by atoms with Crippen LogP contribution >= 0.6 is 11.6 Å². The first-order valence-corrected chi connectivity index (χ1v) is 11.2. The minimum atomic E-state index is -1.37. The molecule has 0 aromatic heterocycles. The molecule has 5 N–H and O–H groups in total. The quantitative estimate of drug-likeness (QED) is 0.366. The van der Waals surface area contributed by atoms with Crippen molar-refractivity contribution in [2.45, 2.75) is 69.3 Å². The molecule has 1 aromatic rings. The normalized spacial score (nSPS) is 22.4. The molecule has 2 aliphatic rings. The number of aryl methyl sites for hydroxylation is 1. The van der Waals surface area contributed by atoms with Gasteiger partial charge in [-0.05, 0) is 87.1 Å². The molecule has 1 saturated heterocycles. The van der Waals surface area contributed by atoms with Gasteiger partial charge in [-0.25, -0.2) is 4.39 Å². The van der Waals surface area contributed by atoms with E-state index in [4.69, 9.17) is 27.4 Å². The summed E-state index contributed by atoms with van der Waals surface area (Å²) in [6, 6.07) is 3.48. The van der Waals surface area contributed by atoms with Gasteiger partial charge in [0.05, 0.1) is 5.02 Å². The van der Waals surface area contributed by atoms with Crippen molar-refractivity contribution in [1.82, 2.24) is 4.90 Å². The van der Waals surface area contributed by atoms with Crippen LogP contribution in [0.5, 0.6) is 0 Å². The number of carboxylic acid groups (broad SMARTS) is 1. The first-order valence-electron chi connectivity index (χ1n) is 10.8. The van der Waals surface area contributed by atoms with E-state index in [0.717, 1.165) is 43.5 Å². The third-order valence-electron chi connectivity index (χ3n) is 6.86. The molecule has 1 aliphatic heterocycles. The van der Waals surface area contributed by atoms with Crippen LogP contribution in [0.1, 0.15) is 62.1 Å². The lowest BCUT2D eigenvalue weighted by molar-refractivity contribution is -0.147. The van der Waals surface area contributed by atoms with Crippen molar-refractivity contribution in [3.63, 3.8) is 0 Å². The number of benzene rings is 1. The first kappa shape index (κ1) is 23.5. The van der Waals surface area contributed by atoms with E-state index in [2.05, 4.69) is 4.90 Å². The number of carboxylic acids is 1. The highest BCUT2D eigenvalue weighted by Gasteiger charge is 2.44. The molecular formula is C21H31BClFN2O4. The van der Waals surface area contributed by atoms with Crippen LogP contribution < -0.4 is 5.73 Å². The van der Waals surface area contributed by atoms with Crippen molar-refractivity contribution in [1.29, 1.82) is 0 Å². The van der Waals surface area contributed by atoms with Crippen molar-refractivity contribution in [2.24, 2.45) is 11.7 Å². The van der Waals surface area contributed by atoms with Gasteiger partial charge < -0.3 is 20.9 Å². The summed E-state index contributed by atoms with van der Waals surface area (Å²) in [5, 5.41) is 27.9. The minimum Gasteiger partial charge on any atom is -0.480 e. The molecule has 1 aromatic carbocycles. The second kappa shape index (κ2) is 9.96. The summed E-state index contributed by atoms with van der Waals surface area (Å²) in [6.07, 6.45) is 5.81. The summed E-state index contributed by atoms with van der Waals surface area (Å²) < 4.78 is 13.9. The smallest absolute Gasteiger partial charge is 0.451 e. The molecule has 9 heteroatoms. The number of nitrogens with zero attached hydrogens (tertiary/aromatic N) is 1. The fourth-order valence-corrected chi connectivity index (χ4v) is 5.28. The van der Waals surface area contributed by atoms with E-state index in [1.807, 2.05) is 0 Å². The SMILES string of the molecule is NC(CCCCB(O)O)(C(=O)O)C1CCN(C2CCCc3cc(F)c(Cl)cc32)CC1. The van der Waals surface area contributed by atoms with Crippen molar-refractivity contribution < 1.29 is 24.3 Å². The summed E-state index contributed by atoms with van der Waals surface area (Å²) in [4.78, 5) is 14.3. The standard InChI is InChI=1S/C21H31BClFN2O4/c23-17-13-16-14(12-18(17)24)4-3-5-19(16)26-10-6-15(7-11-26)21(25,20(27)28)8-1-2-9-22(29)30/h12-13,15,19,29-30H,1-11,25H2,(H,27,28). The number of likely N-dealkylation sites (tertiary alicyclic amines) is 1. The van der Waals surface area contributed by atoms with E-state index < -0.39 is 18.6 Å². The molecule has 2 atom stereocenters. The Morgan fingerprint density at radius 1 is 1.27 bits per heavy atom. The Kier molecular flexibility index (Phi) is 7.79. The van der Waals surface area contributed by atoms with Gasteiger partial charge in [0, 0.05) is 6.04 Å². The summed E-state index contributed by atoms with van der Waals surface area (Å²) in [7, 11) is -1.37. The summed E-state index contributed by atoms with van der Waals surface area (Å²) in [5.74, 6) is -1.50. The molecule has 0 spiro atoms. The largest absolute Gasteiger partial charge is 0.480 e. The average Bonchev–Trinajstić information content (AvgIpc) is 2.71. The molecule has 1 aliphatic carbocycles. The number of piperidine rings is 1. The molecule has 6 nitrogen and oxygen atoms in total. The summed E-state index contributed by atoms with van der Waals surface area (Å²) >= 11 is 6.04. The van der Waals surface area contributed by atoms with Gasteiger partial charge in [0.25, 0.3) is 0 Å². The van der Waals surface area contributed by atoms with Crippen LogP contribution in [0.2, 0.25) is 11.3 Å². The second-order valence-electron chi connectivity index (χ2n) is 8.76. The van der Waals surface area contributed by atoms with Gasteiger partial charge in [-0.2, -0.15) is 0 Å². The van der Waals surface area contributed by atoms with Gasteiger partial charge in [0.15, 0.2) is 0 Å². The fourth-order valence-electron chi connectivity index (χ4n) is 5.11. The first-order chi connectivity index (χ1) is 14.2. The zero-order valence-corrected chi connectivity index (χ0v) is 18.0. The van der Waals surface area contributed by atoms with Gasteiger partial charge in [-0.15, -0.1) is 0 Å². The van der Waals surface area contributed by atoms with E-state index in [0.29, 0.717) is 32.1 Å².